The highest BCUT2D eigenvalue weighted by atomic mass is 35.5. The Balaban J connectivity index is 1.78. The summed E-state index contributed by atoms with van der Waals surface area (Å²) in [7, 11) is 1.84. The third kappa shape index (κ3) is 2.26. The van der Waals surface area contributed by atoms with Gasteiger partial charge in [-0.2, -0.15) is 5.10 Å². The van der Waals surface area contributed by atoms with Crippen molar-refractivity contribution in [3.8, 4) is 0 Å². The predicted octanol–water partition coefficient (Wildman–Crippen LogP) is 2.92. The molecule has 0 N–H and O–H groups in total. The Bertz CT molecular complexity index is 965. The minimum atomic E-state index is -0.108. The van der Waals surface area contributed by atoms with Gasteiger partial charge >= 0.3 is 0 Å². The van der Waals surface area contributed by atoms with Crippen LogP contribution in [0.2, 0.25) is 5.02 Å². The van der Waals surface area contributed by atoms with Crippen LogP contribution in [-0.2, 0) is 13.5 Å². The van der Waals surface area contributed by atoms with Crippen LogP contribution in [0.25, 0.3) is 11.0 Å². The predicted molar refractivity (Wildman–Crippen MR) is 92.5 cm³/mol. The minimum Gasteiger partial charge on any atom is -0.292 e. The van der Waals surface area contributed by atoms with Gasteiger partial charge < -0.3 is 0 Å². The maximum absolute atomic E-state index is 13.0. The van der Waals surface area contributed by atoms with E-state index >= 15 is 0 Å². The summed E-state index contributed by atoms with van der Waals surface area (Å²) in [5.74, 6) is 0.546. The van der Waals surface area contributed by atoms with Crippen LogP contribution < -0.4 is 4.90 Å². The van der Waals surface area contributed by atoms with Crippen LogP contribution in [0, 0.1) is 6.92 Å². The van der Waals surface area contributed by atoms with Crippen LogP contribution >= 0.6 is 11.6 Å². The van der Waals surface area contributed by atoms with Crippen molar-refractivity contribution in [2.75, 3.05) is 11.4 Å². The van der Waals surface area contributed by atoms with Crippen LogP contribution in [0.4, 0.5) is 5.82 Å². The zero-order valence-corrected chi connectivity index (χ0v) is 14.2. The molecule has 4 rings (SSSR count). The quantitative estimate of drug-likeness (QED) is 0.682. The van der Waals surface area contributed by atoms with E-state index in [1.54, 1.807) is 28.0 Å². The van der Waals surface area contributed by atoms with Gasteiger partial charge in [-0.1, -0.05) is 11.6 Å². The third-order valence-corrected chi connectivity index (χ3v) is 4.75. The third-order valence-electron chi connectivity index (χ3n) is 4.40. The Morgan fingerprint density at radius 1 is 1.33 bits per heavy atom. The summed E-state index contributed by atoms with van der Waals surface area (Å²) in [4.78, 5) is 23.5. The number of aromatic nitrogens is 4. The Kier molecular flexibility index (Phi) is 3.49. The molecule has 0 bridgehead atoms. The molecular weight excluding hydrogens is 326 g/mol. The van der Waals surface area contributed by atoms with Gasteiger partial charge in [-0.3, -0.25) is 14.4 Å². The number of anilines is 1. The maximum atomic E-state index is 13.0. The molecule has 3 aromatic rings. The molecule has 0 atom stereocenters. The number of amides is 1. The van der Waals surface area contributed by atoms with Crippen LogP contribution in [0.1, 0.15) is 28.0 Å². The van der Waals surface area contributed by atoms with Crippen molar-refractivity contribution in [1.29, 1.82) is 0 Å². The number of halogens is 1. The van der Waals surface area contributed by atoms with E-state index in [0.29, 0.717) is 22.9 Å². The normalized spacial score (nSPS) is 14.0. The summed E-state index contributed by atoms with van der Waals surface area (Å²) < 4.78 is 1.72. The zero-order valence-electron chi connectivity index (χ0n) is 13.5. The molecule has 7 heteroatoms. The molecule has 0 unspecified atom stereocenters. The first-order valence-electron chi connectivity index (χ1n) is 7.81. The second kappa shape index (κ2) is 5.56. The van der Waals surface area contributed by atoms with Crippen molar-refractivity contribution in [3.05, 3.63) is 46.4 Å². The monoisotopic (exact) mass is 341 g/mol. The maximum Gasteiger partial charge on any atom is 0.261 e. The van der Waals surface area contributed by atoms with Gasteiger partial charge in [0.2, 0.25) is 0 Å². The van der Waals surface area contributed by atoms with E-state index in [-0.39, 0.29) is 5.91 Å². The zero-order chi connectivity index (χ0) is 16.8. The largest absolute Gasteiger partial charge is 0.292 e. The molecular formula is C17H16ClN5O. The molecule has 4 heterocycles. The number of nitrogens with zero attached hydrogens (tertiary/aromatic N) is 5. The summed E-state index contributed by atoms with van der Waals surface area (Å²) in [6, 6.07) is 3.62. The first-order chi connectivity index (χ1) is 11.6. The fraction of sp³-hybridized carbons (Fsp3) is 0.294. The second-order valence-electron chi connectivity index (χ2n) is 5.96. The molecule has 0 saturated heterocycles. The molecule has 0 spiro atoms. The van der Waals surface area contributed by atoms with Gasteiger partial charge in [0, 0.05) is 42.0 Å². The average Bonchev–Trinajstić information content (AvgIpc) is 2.88. The van der Waals surface area contributed by atoms with Crippen LogP contribution in [0.15, 0.2) is 24.5 Å². The van der Waals surface area contributed by atoms with Crippen LogP contribution in [0.5, 0.6) is 0 Å². The lowest BCUT2D eigenvalue weighted by Gasteiger charge is -2.28. The molecule has 24 heavy (non-hydrogen) atoms. The Hall–Kier alpha value is -2.47. The van der Waals surface area contributed by atoms with E-state index in [0.717, 1.165) is 35.1 Å². The molecule has 1 aliphatic heterocycles. The summed E-state index contributed by atoms with van der Waals surface area (Å²) in [5, 5.41) is 5.90. The smallest absolute Gasteiger partial charge is 0.261 e. The molecule has 1 aliphatic rings. The number of aryl methyl sites for hydroxylation is 2. The molecule has 6 nitrogen and oxygen atoms in total. The van der Waals surface area contributed by atoms with Crippen molar-refractivity contribution in [2.45, 2.75) is 19.8 Å². The van der Waals surface area contributed by atoms with Crippen molar-refractivity contribution < 1.29 is 4.79 Å². The molecule has 122 valence electrons. The van der Waals surface area contributed by atoms with E-state index in [4.69, 9.17) is 11.6 Å². The molecule has 1 amide bonds. The van der Waals surface area contributed by atoms with Gasteiger partial charge in [0.05, 0.1) is 11.3 Å². The fourth-order valence-electron chi connectivity index (χ4n) is 3.22. The highest BCUT2D eigenvalue weighted by Crippen LogP contribution is 2.31. The molecule has 0 aromatic carbocycles. The number of carbonyl (C=O) groups excluding carboxylic acids is 1. The number of fused-ring (bicyclic) bond motifs is 2. The highest BCUT2D eigenvalue weighted by Gasteiger charge is 2.27. The number of hydrogen-bond donors (Lipinski definition) is 0. The van der Waals surface area contributed by atoms with E-state index in [1.165, 1.54) is 0 Å². The summed E-state index contributed by atoms with van der Waals surface area (Å²) in [6.45, 7) is 2.54. The number of hydrogen-bond acceptors (Lipinski definition) is 4. The minimum absolute atomic E-state index is 0.108. The molecule has 0 saturated carbocycles. The van der Waals surface area contributed by atoms with Gasteiger partial charge in [0.25, 0.3) is 5.91 Å². The van der Waals surface area contributed by atoms with E-state index in [9.17, 15) is 4.79 Å². The number of rotatable bonds is 1. The van der Waals surface area contributed by atoms with Gasteiger partial charge in [-0.05, 0) is 31.9 Å². The number of carbonyl (C=O) groups is 1. The molecule has 0 aliphatic carbocycles. The summed E-state index contributed by atoms with van der Waals surface area (Å²) in [5.41, 5.74) is 3.10. The lowest BCUT2D eigenvalue weighted by atomic mass is 10.0. The van der Waals surface area contributed by atoms with Crippen LogP contribution in [0.3, 0.4) is 0 Å². The average molecular weight is 342 g/mol. The summed E-state index contributed by atoms with van der Waals surface area (Å²) in [6.07, 6.45) is 4.95. The lowest BCUT2D eigenvalue weighted by Crippen LogP contribution is -2.36. The topological polar surface area (TPSA) is 63.9 Å². The van der Waals surface area contributed by atoms with Crippen LogP contribution in [-0.4, -0.2) is 32.2 Å². The van der Waals surface area contributed by atoms with E-state index < -0.39 is 0 Å². The Morgan fingerprint density at radius 2 is 2.17 bits per heavy atom. The van der Waals surface area contributed by atoms with Gasteiger partial charge in [0.15, 0.2) is 5.65 Å². The standard InChI is InChI=1S/C17H16ClN5O/c1-10-13-8-11(9-20-15(13)22(2)21-10)17(24)23-7-3-4-12-14(18)5-6-19-16(12)23/h5-6,8-9H,3-4,7H2,1-2H3. The number of pyridine rings is 2. The molecule has 0 fully saturated rings. The Morgan fingerprint density at radius 3 is 3.00 bits per heavy atom. The lowest BCUT2D eigenvalue weighted by molar-refractivity contribution is 0.0984. The van der Waals surface area contributed by atoms with Gasteiger partial charge in [-0.15, -0.1) is 0 Å². The van der Waals surface area contributed by atoms with E-state index in [2.05, 4.69) is 15.1 Å². The fourth-order valence-corrected chi connectivity index (χ4v) is 3.46. The highest BCUT2D eigenvalue weighted by molar-refractivity contribution is 6.31. The van der Waals surface area contributed by atoms with Crippen molar-refractivity contribution in [1.82, 2.24) is 19.7 Å². The second-order valence-corrected chi connectivity index (χ2v) is 6.37. The molecule has 0 radical (unpaired) electrons. The van der Waals surface area contributed by atoms with Gasteiger partial charge in [-0.25, -0.2) is 9.97 Å². The first-order valence-corrected chi connectivity index (χ1v) is 8.18. The summed E-state index contributed by atoms with van der Waals surface area (Å²) >= 11 is 6.26. The van der Waals surface area contributed by atoms with Crippen molar-refractivity contribution in [3.63, 3.8) is 0 Å². The van der Waals surface area contributed by atoms with Crippen molar-refractivity contribution in [2.24, 2.45) is 7.05 Å². The van der Waals surface area contributed by atoms with E-state index in [1.807, 2.05) is 20.0 Å². The SMILES string of the molecule is Cc1nn(C)c2ncc(C(=O)N3CCCc4c(Cl)ccnc43)cc12. The van der Waals surface area contributed by atoms with Crippen molar-refractivity contribution >= 4 is 34.4 Å². The first kappa shape index (κ1) is 15.1. The Labute approximate surface area is 144 Å². The van der Waals surface area contributed by atoms with Gasteiger partial charge in [0.1, 0.15) is 5.82 Å². The molecule has 3 aromatic heterocycles.